The molecule has 9 heteroatoms. The quantitative estimate of drug-likeness (QED) is 0.502. The molecule has 3 aromatic rings. The molecule has 0 saturated carbocycles. The molecule has 3 aromatic carbocycles. The van der Waals surface area contributed by atoms with Crippen LogP contribution in [-0.4, -0.2) is 51.0 Å². The van der Waals surface area contributed by atoms with Gasteiger partial charge in [-0.05, 0) is 68.1 Å². The maximum absolute atomic E-state index is 13.2. The second kappa shape index (κ2) is 9.55. The second-order valence-electron chi connectivity index (χ2n) is 9.69. The van der Waals surface area contributed by atoms with Crippen LogP contribution in [0.2, 0.25) is 0 Å². The third-order valence-electron chi connectivity index (χ3n) is 7.16. The van der Waals surface area contributed by atoms with Crippen LogP contribution in [0.15, 0.2) is 60.7 Å². The van der Waals surface area contributed by atoms with Gasteiger partial charge in [-0.1, -0.05) is 24.3 Å². The number of carbonyl (C=O) groups excluding carboxylic acids is 2. The minimum atomic E-state index is -3.46. The predicted molar refractivity (Wildman–Crippen MR) is 147 cm³/mol. The van der Waals surface area contributed by atoms with Gasteiger partial charge in [0.1, 0.15) is 0 Å². The molecule has 0 spiro atoms. The highest BCUT2D eigenvalue weighted by Crippen LogP contribution is 2.38. The minimum absolute atomic E-state index is 0.0279. The fourth-order valence-corrected chi connectivity index (χ4v) is 5.49. The number of sulfonamides is 1. The summed E-state index contributed by atoms with van der Waals surface area (Å²) in [5.74, 6) is -0.315. The molecule has 2 aliphatic heterocycles. The van der Waals surface area contributed by atoms with E-state index >= 15 is 0 Å². The Bertz CT molecular complexity index is 1500. The van der Waals surface area contributed by atoms with Crippen LogP contribution in [0, 0.1) is 0 Å². The van der Waals surface area contributed by atoms with E-state index in [2.05, 4.69) is 17.6 Å². The minimum Gasteiger partial charge on any atom is -0.353 e. The Morgan fingerprint density at radius 1 is 0.946 bits per heavy atom. The molecule has 8 nitrogen and oxygen atoms in total. The monoisotopic (exact) mass is 518 g/mol. The van der Waals surface area contributed by atoms with Crippen molar-refractivity contribution in [1.29, 1.82) is 0 Å². The first-order chi connectivity index (χ1) is 17.6. The first kappa shape index (κ1) is 24.8. The molecule has 1 fully saturated rings. The van der Waals surface area contributed by atoms with Crippen LogP contribution in [0.1, 0.15) is 46.9 Å². The number of hydrogen-bond acceptors (Lipinski definition) is 5. The highest BCUT2D eigenvalue weighted by atomic mass is 32.2. The number of piperidine rings is 1. The maximum atomic E-state index is 13.2. The third kappa shape index (κ3) is 4.79. The van der Waals surface area contributed by atoms with Crippen molar-refractivity contribution in [3.05, 3.63) is 71.8 Å². The van der Waals surface area contributed by atoms with E-state index in [-0.39, 0.29) is 17.9 Å². The van der Waals surface area contributed by atoms with Gasteiger partial charge in [0, 0.05) is 30.8 Å². The van der Waals surface area contributed by atoms with E-state index in [9.17, 15) is 18.0 Å². The number of nitrogens with zero attached hydrogens (tertiary/aromatic N) is 2. The molecule has 2 N–H and O–H groups in total. The number of rotatable bonds is 4. The van der Waals surface area contributed by atoms with Crippen LogP contribution >= 0.6 is 0 Å². The van der Waals surface area contributed by atoms with Gasteiger partial charge in [-0.3, -0.25) is 13.9 Å². The molecule has 5 rings (SSSR count). The molecule has 0 bridgehead atoms. The fraction of sp³-hybridized carbons (Fsp3) is 0.286. The molecule has 1 unspecified atom stereocenters. The van der Waals surface area contributed by atoms with Gasteiger partial charge in [-0.25, -0.2) is 8.42 Å². The topological polar surface area (TPSA) is 98.8 Å². The first-order valence-corrected chi connectivity index (χ1v) is 14.2. The van der Waals surface area contributed by atoms with Crippen molar-refractivity contribution in [2.45, 2.75) is 32.2 Å². The number of anilines is 4. The SMILES string of the molecule is CC1CCCCN1C(=O)c1ccc2c(c1)NC(=O)c1ccc(-c3ccccc3N(C)S(C)(=O)=O)cc1N2. The number of likely N-dealkylation sites (tertiary alicyclic amines) is 1. The van der Waals surface area contributed by atoms with E-state index in [0.29, 0.717) is 33.9 Å². The van der Waals surface area contributed by atoms with Crippen LogP contribution in [-0.2, 0) is 10.0 Å². The summed E-state index contributed by atoms with van der Waals surface area (Å²) < 4.78 is 25.6. The summed E-state index contributed by atoms with van der Waals surface area (Å²) in [5.41, 5.74) is 4.82. The summed E-state index contributed by atoms with van der Waals surface area (Å²) in [5, 5.41) is 6.27. The molecule has 2 aliphatic rings. The van der Waals surface area contributed by atoms with Crippen molar-refractivity contribution in [2.75, 3.05) is 34.8 Å². The van der Waals surface area contributed by atoms with Crippen molar-refractivity contribution < 1.29 is 18.0 Å². The molecule has 2 amide bonds. The molecule has 0 aliphatic carbocycles. The lowest BCUT2D eigenvalue weighted by atomic mass is 10.0. The summed E-state index contributed by atoms with van der Waals surface area (Å²) in [4.78, 5) is 28.2. The highest BCUT2D eigenvalue weighted by molar-refractivity contribution is 7.92. The molecular weight excluding hydrogens is 488 g/mol. The van der Waals surface area contributed by atoms with Crippen LogP contribution in [0.5, 0.6) is 0 Å². The van der Waals surface area contributed by atoms with Crippen LogP contribution in [0.25, 0.3) is 11.1 Å². The predicted octanol–water partition coefficient (Wildman–Crippen LogP) is 5.07. The number of nitrogens with one attached hydrogen (secondary N) is 2. The summed E-state index contributed by atoms with van der Waals surface area (Å²) >= 11 is 0. The maximum Gasteiger partial charge on any atom is 0.257 e. The summed E-state index contributed by atoms with van der Waals surface area (Å²) in [6.45, 7) is 2.82. The number of hydrogen-bond donors (Lipinski definition) is 2. The summed E-state index contributed by atoms with van der Waals surface area (Å²) in [7, 11) is -1.94. The average molecular weight is 519 g/mol. The Kier molecular flexibility index (Phi) is 6.41. The van der Waals surface area contributed by atoms with Gasteiger partial charge in [-0.15, -0.1) is 0 Å². The Labute approximate surface area is 217 Å². The van der Waals surface area contributed by atoms with Gasteiger partial charge in [-0.2, -0.15) is 0 Å². The zero-order valence-corrected chi connectivity index (χ0v) is 21.9. The zero-order valence-electron chi connectivity index (χ0n) is 21.1. The van der Waals surface area contributed by atoms with Crippen molar-refractivity contribution in [3.8, 4) is 11.1 Å². The van der Waals surface area contributed by atoms with E-state index in [0.717, 1.165) is 43.2 Å². The Morgan fingerprint density at radius 2 is 1.73 bits per heavy atom. The number of carbonyl (C=O) groups is 2. The molecule has 2 heterocycles. The number of fused-ring (bicyclic) bond motifs is 2. The normalized spacial score (nSPS) is 17.1. The van der Waals surface area contributed by atoms with Crippen molar-refractivity contribution >= 4 is 44.6 Å². The van der Waals surface area contributed by atoms with Gasteiger partial charge in [0.15, 0.2) is 0 Å². The van der Waals surface area contributed by atoms with E-state index in [1.54, 1.807) is 36.4 Å². The average Bonchev–Trinajstić information content (AvgIpc) is 3.02. The van der Waals surface area contributed by atoms with Crippen molar-refractivity contribution in [3.63, 3.8) is 0 Å². The van der Waals surface area contributed by atoms with Gasteiger partial charge in [0.2, 0.25) is 10.0 Å². The third-order valence-corrected chi connectivity index (χ3v) is 8.36. The first-order valence-electron chi connectivity index (χ1n) is 12.3. The Morgan fingerprint density at radius 3 is 2.49 bits per heavy atom. The highest BCUT2D eigenvalue weighted by Gasteiger charge is 2.26. The molecular formula is C28H30N4O4S. The van der Waals surface area contributed by atoms with E-state index < -0.39 is 10.0 Å². The Balaban J connectivity index is 1.49. The second-order valence-corrected chi connectivity index (χ2v) is 11.7. The van der Waals surface area contributed by atoms with Gasteiger partial charge in [0.05, 0.1) is 34.6 Å². The summed E-state index contributed by atoms with van der Waals surface area (Å²) in [6, 6.07) is 18.1. The molecule has 0 aromatic heterocycles. The standard InChI is InChI=1S/C28H30N4O4S/c1-18-8-6-7-15-32(18)28(34)20-12-14-23-25(17-20)30-27(33)22-13-11-19(16-24(22)29-23)21-9-4-5-10-26(21)31(2)37(3,35)36/h4-5,9-14,16-18,29H,6-8,15H2,1-3H3,(H,30,33). The molecule has 1 atom stereocenters. The number of para-hydroxylation sites is 1. The van der Waals surface area contributed by atoms with E-state index in [4.69, 9.17) is 0 Å². The van der Waals surface area contributed by atoms with Crippen LogP contribution in [0.4, 0.5) is 22.7 Å². The Hall–Kier alpha value is -3.85. The van der Waals surface area contributed by atoms with Crippen molar-refractivity contribution in [1.82, 2.24) is 4.90 Å². The number of benzene rings is 3. The molecule has 192 valence electrons. The largest absolute Gasteiger partial charge is 0.353 e. The van der Waals surface area contributed by atoms with Crippen LogP contribution < -0.4 is 14.9 Å². The van der Waals surface area contributed by atoms with Crippen molar-refractivity contribution in [2.24, 2.45) is 0 Å². The molecule has 1 saturated heterocycles. The van der Waals surface area contributed by atoms with E-state index in [1.807, 2.05) is 29.2 Å². The fourth-order valence-electron chi connectivity index (χ4n) is 4.97. The smallest absolute Gasteiger partial charge is 0.257 e. The molecule has 0 radical (unpaired) electrons. The zero-order chi connectivity index (χ0) is 26.3. The van der Waals surface area contributed by atoms with Gasteiger partial charge in [0.25, 0.3) is 11.8 Å². The van der Waals surface area contributed by atoms with Gasteiger partial charge >= 0.3 is 0 Å². The lowest BCUT2D eigenvalue weighted by molar-refractivity contribution is 0.0635. The number of amides is 2. The lowest BCUT2D eigenvalue weighted by Crippen LogP contribution is -2.42. The van der Waals surface area contributed by atoms with E-state index in [1.165, 1.54) is 11.4 Å². The van der Waals surface area contributed by atoms with Crippen LogP contribution in [0.3, 0.4) is 0 Å². The lowest BCUT2D eigenvalue weighted by Gasteiger charge is -2.33. The summed E-state index contributed by atoms with van der Waals surface area (Å²) in [6.07, 6.45) is 4.29. The van der Waals surface area contributed by atoms with Gasteiger partial charge < -0.3 is 15.5 Å². The molecule has 37 heavy (non-hydrogen) atoms.